The van der Waals surface area contributed by atoms with Crippen LogP contribution < -0.4 is 5.32 Å². The molecule has 0 aliphatic rings. The molecule has 2 aromatic heterocycles. The summed E-state index contributed by atoms with van der Waals surface area (Å²) in [7, 11) is 1.79. The third-order valence-corrected chi connectivity index (χ3v) is 3.93. The molecule has 0 saturated carbocycles. The van der Waals surface area contributed by atoms with Crippen molar-refractivity contribution in [2.45, 2.75) is 16.5 Å². The number of halogens is 1. The summed E-state index contributed by atoms with van der Waals surface area (Å²) >= 11 is 1.40. The average Bonchev–Trinajstić information content (AvgIpc) is 2.92. The molecular formula is C13H12FN5S. The van der Waals surface area contributed by atoms with E-state index in [9.17, 15) is 4.39 Å². The van der Waals surface area contributed by atoms with E-state index in [-0.39, 0.29) is 5.82 Å². The van der Waals surface area contributed by atoms with Gasteiger partial charge in [-0.2, -0.15) is 0 Å². The Bertz CT molecular complexity index is 742. The van der Waals surface area contributed by atoms with Crippen LogP contribution in [0.3, 0.4) is 0 Å². The number of fused-ring (bicyclic) bond motifs is 1. The first-order chi connectivity index (χ1) is 9.79. The van der Waals surface area contributed by atoms with Gasteiger partial charge in [-0.3, -0.25) is 0 Å². The zero-order valence-corrected chi connectivity index (χ0v) is 11.5. The highest BCUT2D eigenvalue weighted by Crippen LogP contribution is 2.33. The number of hydrogen-bond acceptors (Lipinski definition) is 5. The number of nitrogens with zero attached hydrogens (tertiary/aromatic N) is 3. The number of imidazole rings is 1. The van der Waals surface area contributed by atoms with Crippen LogP contribution in [-0.4, -0.2) is 27.0 Å². The van der Waals surface area contributed by atoms with Crippen LogP contribution >= 0.6 is 11.8 Å². The smallest absolute Gasteiger partial charge is 0.181 e. The molecule has 0 atom stereocenters. The summed E-state index contributed by atoms with van der Waals surface area (Å²) in [5, 5.41) is 3.71. The summed E-state index contributed by atoms with van der Waals surface area (Å²) in [4.78, 5) is 16.2. The number of aromatic amines is 1. The van der Waals surface area contributed by atoms with Crippen LogP contribution in [0.4, 0.5) is 4.39 Å². The molecule has 0 radical (unpaired) electrons. The largest absolute Gasteiger partial charge is 0.341 e. The van der Waals surface area contributed by atoms with Crippen LogP contribution in [0, 0.1) is 5.82 Å². The van der Waals surface area contributed by atoms with Gasteiger partial charge in [0.25, 0.3) is 0 Å². The molecule has 0 bridgehead atoms. The molecular weight excluding hydrogens is 277 g/mol. The van der Waals surface area contributed by atoms with Gasteiger partial charge in [0.2, 0.25) is 0 Å². The van der Waals surface area contributed by atoms with Crippen molar-refractivity contribution in [3.8, 4) is 0 Å². The van der Waals surface area contributed by atoms with E-state index in [0.29, 0.717) is 17.8 Å². The Labute approximate surface area is 119 Å². The van der Waals surface area contributed by atoms with Crippen LogP contribution in [0.15, 0.2) is 40.8 Å². The molecule has 2 heterocycles. The zero-order chi connectivity index (χ0) is 13.9. The zero-order valence-electron chi connectivity index (χ0n) is 10.7. The van der Waals surface area contributed by atoms with E-state index < -0.39 is 0 Å². The van der Waals surface area contributed by atoms with Crippen molar-refractivity contribution >= 4 is 22.9 Å². The fraction of sp³-hybridized carbons (Fsp3) is 0.154. The Morgan fingerprint density at radius 1 is 1.30 bits per heavy atom. The highest BCUT2D eigenvalue weighted by Gasteiger charge is 2.12. The van der Waals surface area contributed by atoms with Crippen molar-refractivity contribution in [1.29, 1.82) is 0 Å². The van der Waals surface area contributed by atoms with Crippen molar-refractivity contribution in [2.24, 2.45) is 0 Å². The van der Waals surface area contributed by atoms with Crippen molar-refractivity contribution < 1.29 is 4.39 Å². The van der Waals surface area contributed by atoms with Crippen molar-refractivity contribution in [2.75, 3.05) is 7.05 Å². The van der Waals surface area contributed by atoms with Gasteiger partial charge in [0.1, 0.15) is 22.7 Å². The fourth-order valence-corrected chi connectivity index (χ4v) is 2.91. The topological polar surface area (TPSA) is 66.5 Å². The molecule has 1 aromatic carbocycles. The quantitative estimate of drug-likeness (QED) is 0.722. The first kappa shape index (κ1) is 13.0. The number of H-pyrrole nitrogens is 1. The van der Waals surface area contributed by atoms with E-state index in [1.54, 1.807) is 19.4 Å². The van der Waals surface area contributed by atoms with E-state index in [1.807, 2.05) is 6.07 Å². The Balaban J connectivity index is 2.03. The molecule has 0 amide bonds. The summed E-state index contributed by atoms with van der Waals surface area (Å²) < 4.78 is 13.9. The monoisotopic (exact) mass is 289 g/mol. The number of nitrogens with one attached hydrogen (secondary N) is 2. The standard InChI is InChI=1S/C13H12FN5S/c1-15-5-8-9(14)3-2-4-10(8)20-13-11-12(17-6-16-11)18-7-19-13/h2-4,6-7,15H,5H2,1H3,(H,16,17,18,19). The fourth-order valence-electron chi connectivity index (χ4n) is 1.91. The van der Waals surface area contributed by atoms with E-state index >= 15 is 0 Å². The molecule has 2 N–H and O–H groups in total. The maximum absolute atomic E-state index is 13.9. The van der Waals surface area contributed by atoms with Gasteiger partial charge in [-0.15, -0.1) is 0 Å². The minimum Gasteiger partial charge on any atom is -0.341 e. The van der Waals surface area contributed by atoms with E-state index in [0.717, 1.165) is 15.4 Å². The normalized spacial score (nSPS) is 11.1. The second-order valence-corrected chi connectivity index (χ2v) is 5.16. The van der Waals surface area contributed by atoms with Gasteiger partial charge in [0.15, 0.2) is 5.65 Å². The Morgan fingerprint density at radius 2 is 2.20 bits per heavy atom. The Morgan fingerprint density at radius 3 is 3.05 bits per heavy atom. The lowest BCUT2D eigenvalue weighted by molar-refractivity contribution is 0.594. The summed E-state index contributed by atoms with van der Waals surface area (Å²) in [5.41, 5.74) is 2.00. The molecule has 0 unspecified atom stereocenters. The first-order valence-electron chi connectivity index (χ1n) is 6.03. The van der Waals surface area contributed by atoms with Gasteiger partial charge >= 0.3 is 0 Å². The molecule has 0 saturated heterocycles. The van der Waals surface area contributed by atoms with Gasteiger partial charge in [-0.25, -0.2) is 19.3 Å². The predicted molar refractivity (Wildman–Crippen MR) is 75.0 cm³/mol. The Kier molecular flexibility index (Phi) is 3.62. The summed E-state index contributed by atoms with van der Waals surface area (Å²) in [6.07, 6.45) is 3.03. The number of benzene rings is 1. The van der Waals surface area contributed by atoms with E-state index in [4.69, 9.17) is 0 Å². The van der Waals surface area contributed by atoms with Gasteiger partial charge in [-0.1, -0.05) is 17.8 Å². The molecule has 0 fully saturated rings. The number of aromatic nitrogens is 4. The van der Waals surface area contributed by atoms with Crippen LogP contribution in [0.5, 0.6) is 0 Å². The van der Waals surface area contributed by atoms with E-state index in [1.165, 1.54) is 24.2 Å². The molecule has 7 heteroatoms. The first-order valence-corrected chi connectivity index (χ1v) is 6.85. The highest BCUT2D eigenvalue weighted by molar-refractivity contribution is 7.99. The molecule has 5 nitrogen and oxygen atoms in total. The second-order valence-electron chi connectivity index (χ2n) is 4.13. The number of hydrogen-bond donors (Lipinski definition) is 2. The lowest BCUT2D eigenvalue weighted by Crippen LogP contribution is -2.08. The molecule has 0 aliphatic heterocycles. The van der Waals surface area contributed by atoms with Gasteiger partial charge in [-0.05, 0) is 19.2 Å². The molecule has 102 valence electrons. The minimum atomic E-state index is -0.223. The van der Waals surface area contributed by atoms with Crippen molar-refractivity contribution in [3.63, 3.8) is 0 Å². The van der Waals surface area contributed by atoms with Crippen molar-refractivity contribution in [3.05, 3.63) is 42.2 Å². The predicted octanol–water partition coefficient (Wildman–Crippen LogP) is 2.36. The van der Waals surface area contributed by atoms with Crippen LogP contribution in [0.1, 0.15) is 5.56 Å². The van der Waals surface area contributed by atoms with Gasteiger partial charge < -0.3 is 10.3 Å². The lowest BCUT2D eigenvalue weighted by Gasteiger charge is -2.09. The Hall–Kier alpha value is -1.99. The molecule has 20 heavy (non-hydrogen) atoms. The van der Waals surface area contributed by atoms with E-state index in [2.05, 4.69) is 25.3 Å². The summed E-state index contributed by atoms with van der Waals surface area (Å²) in [6, 6.07) is 5.04. The number of rotatable bonds is 4. The second kappa shape index (κ2) is 5.56. The van der Waals surface area contributed by atoms with Crippen molar-refractivity contribution in [1.82, 2.24) is 25.3 Å². The minimum absolute atomic E-state index is 0.223. The molecule has 3 rings (SSSR count). The van der Waals surface area contributed by atoms with Crippen LogP contribution in [-0.2, 0) is 6.54 Å². The van der Waals surface area contributed by atoms with Gasteiger partial charge in [0, 0.05) is 17.0 Å². The average molecular weight is 289 g/mol. The van der Waals surface area contributed by atoms with Gasteiger partial charge in [0.05, 0.1) is 6.33 Å². The molecule has 3 aromatic rings. The summed E-state index contributed by atoms with van der Waals surface area (Å²) in [5.74, 6) is -0.223. The maximum atomic E-state index is 13.9. The highest BCUT2D eigenvalue weighted by atomic mass is 32.2. The third-order valence-electron chi connectivity index (χ3n) is 2.82. The molecule has 0 aliphatic carbocycles. The lowest BCUT2D eigenvalue weighted by atomic mass is 10.2. The third kappa shape index (κ3) is 2.37. The van der Waals surface area contributed by atoms with Crippen LogP contribution in [0.2, 0.25) is 0 Å². The maximum Gasteiger partial charge on any atom is 0.181 e. The van der Waals surface area contributed by atoms with Crippen LogP contribution in [0.25, 0.3) is 11.2 Å². The summed E-state index contributed by atoms with van der Waals surface area (Å²) in [6.45, 7) is 0.464. The molecule has 0 spiro atoms. The SMILES string of the molecule is CNCc1c(F)cccc1Sc1ncnc2nc[nH]c12.